The second-order valence-corrected chi connectivity index (χ2v) is 4.92. The highest BCUT2D eigenvalue weighted by Gasteiger charge is 2.40. The highest BCUT2D eigenvalue weighted by molar-refractivity contribution is 7.09. The quantitative estimate of drug-likeness (QED) is 0.807. The van der Waals surface area contributed by atoms with E-state index in [0.717, 1.165) is 24.1 Å². The topological polar surface area (TPSA) is 73.1 Å². The summed E-state index contributed by atoms with van der Waals surface area (Å²) in [5.41, 5.74) is 5.48. The number of nitrogen functional groups attached to an aromatic ring is 1. The highest BCUT2D eigenvalue weighted by Crippen LogP contribution is 2.39. The van der Waals surface area contributed by atoms with Gasteiger partial charge in [-0.3, -0.25) is 0 Å². The molecule has 2 atom stereocenters. The van der Waals surface area contributed by atoms with Gasteiger partial charge in [-0.15, -0.1) is 0 Å². The van der Waals surface area contributed by atoms with Gasteiger partial charge in [0.05, 0.1) is 12.1 Å². The van der Waals surface area contributed by atoms with E-state index in [9.17, 15) is 0 Å². The van der Waals surface area contributed by atoms with Crippen molar-refractivity contribution in [1.29, 1.82) is 0 Å². The molecule has 1 aliphatic heterocycles. The van der Waals surface area contributed by atoms with Gasteiger partial charge in [-0.25, -0.2) is 0 Å². The van der Waals surface area contributed by atoms with E-state index < -0.39 is 0 Å². The molecule has 1 saturated heterocycles. The summed E-state index contributed by atoms with van der Waals surface area (Å²) in [6.07, 6.45) is 4.04. The summed E-state index contributed by atoms with van der Waals surface area (Å²) in [6, 6.07) is 0.393. The third kappa shape index (κ3) is 1.91. The molecule has 3 N–H and O–H groups in total. The lowest BCUT2D eigenvalue weighted by Crippen LogP contribution is -2.30. The minimum Gasteiger partial charge on any atom is -0.376 e. The molecule has 0 spiro atoms. The highest BCUT2D eigenvalue weighted by atomic mass is 32.1. The van der Waals surface area contributed by atoms with Crippen LogP contribution in [-0.2, 0) is 4.74 Å². The molecule has 0 bridgehead atoms. The third-order valence-electron chi connectivity index (χ3n) is 2.97. The molecule has 2 heterocycles. The van der Waals surface area contributed by atoms with Crippen LogP contribution in [0.2, 0.25) is 0 Å². The summed E-state index contributed by atoms with van der Waals surface area (Å²) in [7, 11) is 0. The Morgan fingerprint density at radius 2 is 2.27 bits per heavy atom. The van der Waals surface area contributed by atoms with Gasteiger partial charge in [-0.1, -0.05) is 0 Å². The Morgan fingerprint density at radius 1 is 1.40 bits per heavy atom. The van der Waals surface area contributed by atoms with Crippen molar-refractivity contribution in [3.63, 3.8) is 0 Å². The van der Waals surface area contributed by atoms with E-state index in [1.165, 1.54) is 24.4 Å². The number of hydrogen-bond acceptors (Lipinski definition) is 6. The van der Waals surface area contributed by atoms with Gasteiger partial charge in [-0.2, -0.15) is 9.36 Å². The molecule has 2 unspecified atom stereocenters. The van der Waals surface area contributed by atoms with Gasteiger partial charge in [-0.05, 0) is 25.2 Å². The maximum Gasteiger partial charge on any atom is 0.233 e. The minimum atomic E-state index is 0.351. The van der Waals surface area contributed by atoms with E-state index in [1.807, 2.05) is 0 Å². The van der Waals surface area contributed by atoms with E-state index in [0.29, 0.717) is 18.1 Å². The Kier molecular flexibility index (Phi) is 2.25. The fourth-order valence-electron chi connectivity index (χ4n) is 2.11. The molecule has 1 aromatic heterocycles. The number of nitrogens with zero attached hydrogens (tertiary/aromatic N) is 2. The molecule has 15 heavy (non-hydrogen) atoms. The van der Waals surface area contributed by atoms with Crippen LogP contribution in [0.5, 0.6) is 0 Å². The first-order valence-corrected chi connectivity index (χ1v) is 6.07. The van der Waals surface area contributed by atoms with E-state index in [-0.39, 0.29) is 0 Å². The Balaban J connectivity index is 1.66. The van der Waals surface area contributed by atoms with E-state index in [4.69, 9.17) is 10.5 Å². The van der Waals surface area contributed by atoms with Gasteiger partial charge in [0.15, 0.2) is 0 Å². The molecule has 3 rings (SSSR count). The van der Waals surface area contributed by atoms with E-state index in [2.05, 4.69) is 14.7 Å². The number of anilines is 2. The number of nitrogens with two attached hydrogens (primary N) is 1. The summed E-state index contributed by atoms with van der Waals surface area (Å²) >= 11 is 1.32. The first-order valence-electron chi connectivity index (χ1n) is 5.30. The molecule has 0 aromatic carbocycles. The third-order valence-corrected chi connectivity index (χ3v) is 3.63. The zero-order chi connectivity index (χ0) is 10.3. The Bertz CT molecular complexity index is 352. The van der Waals surface area contributed by atoms with Crippen molar-refractivity contribution in [1.82, 2.24) is 9.36 Å². The predicted molar refractivity (Wildman–Crippen MR) is 58.8 cm³/mol. The number of aromatic nitrogens is 2. The van der Waals surface area contributed by atoms with Gasteiger partial charge in [0, 0.05) is 18.1 Å². The van der Waals surface area contributed by atoms with Crippen LogP contribution in [0.15, 0.2) is 0 Å². The van der Waals surface area contributed by atoms with Crippen LogP contribution in [0.4, 0.5) is 11.1 Å². The summed E-state index contributed by atoms with van der Waals surface area (Å²) < 4.78 is 9.68. The second kappa shape index (κ2) is 3.61. The molecular formula is C9H14N4OS. The van der Waals surface area contributed by atoms with Gasteiger partial charge < -0.3 is 15.8 Å². The van der Waals surface area contributed by atoms with Crippen molar-refractivity contribution in [2.45, 2.75) is 31.4 Å². The zero-order valence-electron chi connectivity index (χ0n) is 8.35. The Morgan fingerprint density at radius 3 is 2.93 bits per heavy atom. The standard InChI is InChI=1S/C9H14N4OS/c10-8-12-9(15-13-8)11-6-3-4-14-7(6)5-1-2-5/h5-7H,1-4H2,(H3,10,11,12,13). The van der Waals surface area contributed by atoms with Crippen LogP contribution in [0.3, 0.4) is 0 Å². The van der Waals surface area contributed by atoms with Gasteiger partial charge in [0.1, 0.15) is 0 Å². The van der Waals surface area contributed by atoms with Crippen LogP contribution in [0.25, 0.3) is 0 Å². The molecule has 5 nitrogen and oxygen atoms in total. The van der Waals surface area contributed by atoms with Crippen molar-refractivity contribution < 1.29 is 4.74 Å². The molecular weight excluding hydrogens is 212 g/mol. The number of nitrogens with one attached hydrogen (secondary N) is 1. The normalized spacial score (nSPS) is 30.7. The molecule has 0 amide bonds. The van der Waals surface area contributed by atoms with Gasteiger partial charge >= 0.3 is 0 Å². The molecule has 2 fully saturated rings. The van der Waals surface area contributed by atoms with Crippen molar-refractivity contribution in [2.75, 3.05) is 17.7 Å². The van der Waals surface area contributed by atoms with Crippen LogP contribution in [0.1, 0.15) is 19.3 Å². The molecule has 82 valence electrons. The van der Waals surface area contributed by atoms with Crippen LogP contribution in [-0.4, -0.2) is 28.1 Å². The van der Waals surface area contributed by atoms with Crippen LogP contribution in [0, 0.1) is 5.92 Å². The summed E-state index contributed by atoms with van der Waals surface area (Å²) in [5.74, 6) is 1.11. The SMILES string of the molecule is Nc1nsc(NC2CCOC2C2CC2)n1. The monoisotopic (exact) mass is 226 g/mol. The average Bonchev–Trinajstić information content (AvgIpc) is 2.83. The Hall–Kier alpha value is -0.880. The summed E-state index contributed by atoms with van der Waals surface area (Å²) in [4.78, 5) is 4.11. The molecule has 1 aromatic rings. The molecule has 1 aliphatic carbocycles. The molecule has 6 heteroatoms. The fraction of sp³-hybridized carbons (Fsp3) is 0.778. The molecule has 1 saturated carbocycles. The summed E-state index contributed by atoms with van der Waals surface area (Å²) in [5, 5.41) is 4.19. The summed E-state index contributed by atoms with van der Waals surface area (Å²) in [6.45, 7) is 0.854. The predicted octanol–water partition coefficient (Wildman–Crippen LogP) is 1.10. The largest absolute Gasteiger partial charge is 0.376 e. The van der Waals surface area contributed by atoms with Crippen molar-refractivity contribution in [2.24, 2.45) is 5.92 Å². The lowest BCUT2D eigenvalue weighted by molar-refractivity contribution is 0.0898. The number of ether oxygens (including phenoxy) is 1. The number of hydrogen-bond donors (Lipinski definition) is 2. The van der Waals surface area contributed by atoms with Crippen LogP contribution < -0.4 is 11.1 Å². The Labute approximate surface area is 92.2 Å². The van der Waals surface area contributed by atoms with Gasteiger partial charge in [0.25, 0.3) is 0 Å². The van der Waals surface area contributed by atoms with Crippen molar-refractivity contribution in [3.8, 4) is 0 Å². The fourth-order valence-corrected chi connectivity index (χ4v) is 2.67. The second-order valence-electron chi connectivity index (χ2n) is 4.17. The van der Waals surface area contributed by atoms with E-state index >= 15 is 0 Å². The van der Waals surface area contributed by atoms with E-state index in [1.54, 1.807) is 0 Å². The maximum atomic E-state index is 5.73. The maximum absolute atomic E-state index is 5.73. The molecule has 0 radical (unpaired) electrons. The minimum absolute atomic E-state index is 0.351. The van der Waals surface area contributed by atoms with Gasteiger partial charge in [0.2, 0.25) is 11.1 Å². The number of rotatable bonds is 3. The van der Waals surface area contributed by atoms with Crippen molar-refractivity contribution in [3.05, 3.63) is 0 Å². The van der Waals surface area contributed by atoms with Crippen LogP contribution >= 0.6 is 11.5 Å². The zero-order valence-corrected chi connectivity index (χ0v) is 9.17. The lowest BCUT2D eigenvalue weighted by atomic mass is 10.1. The first-order chi connectivity index (χ1) is 7.33. The smallest absolute Gasteiger partial charge is 0.233 e. The van der Waals surface area contributed by atoms with Crippen molar-refractivity contribution >= 4 is 22.6 Å². The average molecular weight is 226 g/mol. The molecule has 2 aliphatic rings. The lowest BCUT2D eigenvalue weighted by Gasteiger charge is -2.18. The first kappa shape index (κ1) is 9.35.